The zero-order chi connectivity index (χ0) is 13.5. The van der Waals surface area contributed by atoms with Crippen LogP contribution < -0.4 is 5.73 Å². The number of hydrogen-bond donors (Lipinski definition) is 2. The number of rotatable bonds is 2. The van der Waals surface area contributed by atoms with Crippen LogP contribution in [0, 0.1) is 12.8 Å². The van der Waals surface area contributed by atoms with E-state index in [0.717, 1.165) is 11.3 Å². The van der Waals surface area contributed by atoms with Gasteiger partial charge < -0.3 is 10.8 Å². The van der Waals surface area contributed by atoms with Gasteiger partial charge in [0.05, 0.1) is 11.8 Å². The largest absolute Gasteiger partial charge is 0.391 e. The maximum atomic E-state index is 12.4. The molecule has 1 aromatic rings. The van der Waals surface area contributed by atoms with Crippen molar-refractivity contribution < 1.29 is 13.5 Å². The van der Waals surface area contributed by atoms with Crippen molar-refractivity contribution >= 4 is 26.5 Å². The quantitative estimate of drug-likeness (QED) is 0.823. The maximum absolute atomic E-state index is 12.4. The molecule has 2 unspecified atom stereocenters. The van der Waals surface area contributed by atoms with Gasteiger partial charge in [-0.25, -0.2) is 13.4 Å². The minimum absolute atomic E-state index is 0.129. The van der Waals surface area contributed by atoms with E-state index >= 15 is 0 Å². The molecule has 6 nitrogen and oxygen atoms in total. The van der Waals surface area contributed by atoms with E-state index in [1.807, 2.05) is 6.92 Å². The number of aliphatic hydroxyl groups is 1. The molecule has 1 aliphatic rings. The molecule has 0 radical (unpaired) electrons. The molecule has 0 aromatic carbocycles. The van der Waals surface area contributed by atoms with Crippen molar-refractivity contribution in [2.24, 2.45) is 5.92 Å². The van der Waals surface area contributed by atoms with E-state index in [9.17, 15) is 13.5 Å². The molecular weight excluding hydrogens is 274 g/mol. The molecule has 1 fully saturated rings. The van der Waals surface area contributed by atoms with Crippen molar-refractivity contribution in [1.29, 1.82) is 0 Å². The second-order valence-corrected chi connectivity index (χ2v) is 7.79. The Labute approximate surface area is 110 Å². The minimum Gasteiger partial charge on any atom is -0.391 e. The summed E-state index contributed by atoms with van der Waals surface area (Å²) in [5, 5.41) is 10.0. The lowest BCUT2D eigenvalue weighted by Crippen LogP contribution is -2.45. The van der Waals surface area contributed by atoms with Gasteiger partial charge >= 0.3 is 0 Å². The van der Waals surface area contributed by atoms with Gasteiger partial charge in [-0.1, -0.05) is 18.3 Å². The average molecular weight is 291 g/mol. The van der Waals surface area contributed by atoms with Gasteiger partial charge in [-0.05, 0) is 19.3 Å². The lowest BCUT2D eigenvalue weighted by molar-refractivity contribution is 0.0605. The predicted molar refractivity (Wildman–Crippen MR) is 69.8 cm³/mol. The van der Waals surface area contributed by atoms with Crippen LogP contribution in [-0.2, 0) is 10.0 Å². The van der Waals surface area contributed by atoms with Crippen LogP contribution in [0.1, 0.15) is 19.0 Å². The molecular formula is C10H17N3O3S2. The molecule has 18 heavy (non-hydrogen) atoms. The summed E-state index contributed by atoms with van der Waals surface area (Å²) in [7, 11) is -3.58. The number of hydrogen-bond acceptors (Lipinski definition) is 6. The monoisotopic (exact) mass is 291 g/mol. The second-order valence-electron chi connectivity index (χ2n) is 4.62. The highest BCUT2D eigenvalue weighted by atomic mass is 32.2. The third kappa shape index (κ3) is 2.37. The van der Waals surface area contributed by atoms with Crippen LogP contribution >= 0.6 is 11.3 Å². The number of sulfonamides is 1. The van der Waals surface area contributed by atoms with Gasteiger partial charge in [0.15, 0.2) is 9.34 Å². The number of aliphatic hydroxyl groups excluding tert-OH is 1. The summed E-state index contributed by atoms with van der Waals surface area (Å²) in [6.07, 6.45) is 0.0485. The number of anilines is 1. The molecule has 2 heterocycles. The van der Waals surface area contributed by atoms with E-state index < -0.39 is 16.1 Å². The Morgan fingerprint density at radius 2 is 2.22 bits per heavy atom. The number of β-amino-alcohol motifs (C(OH)–C–C–N with tert-alkyl or cyclic N) is 1. The number of aryl methyl sites for hydroxylation is 1. The molecule has 0 spiro atoms. The van der Waals surface area contributed by atoms with Crippen LogP contribution in [0.15, 0.2) is 4.21 Å². The van der Waals surface area contributed by atoms with Crippen molar-refractivity contribution in [3.8, 4) is 0 Å². The Morgan fingerprint density at radius 1 is 1.56 bits per heavy atom. The zero-order valence-electron chi connectivity index (χ0n) is 10.3. The molecule has 0 aliphatic carbocycles. The normalized spacial score (nSPS) is 26.4. The summed E-state index contributed by atoms with van der Waals surface area (Å²) in [6, 6.07) is 0. The molecule has 1 saturated heterocycles. The van der Waals surface area contributed by atoms with Crippen LogP contribution in [0.2, 0.25) is 0 Å². The molecule has 1 aliphatic heterocycles. The number of piperidine rings is 1. The molecule has 3 N–H and O–H groups in total. The highest BCUT2D eigenvalue weighted by Crippen LogP contribution is 2.30. The molecule has 0 saturated carbocycles. The SMILES string of the molecule is Cc1nc(N)sc1S(=O)(=O)N1CCC(C)C(O)C1. The fourth-order valence-corrected chi connectivity index (χ4v) is 4.91. The van der Waals surface area contributed by atoms with Gasteiger partial charge in [0.25, 0.3) is 10.0 Å². The summed E-state index contributed by atoms with van der Waals surface area (Å²) >= 11 is 0.972. The van der Waals surface area contributed by atoms with Gasteiger partial charge in [-0.3, -0.25) is 0 Å². The lowest BCUT2D eigenvalue weighted by Gasteiger charge is -2.33. The van der Waals surface area contributed by atoms with Gasteiger partial charge in [0, 0.05) is 13.1 Å². The maximum Gasteiger partial charge on any atom is 0.254 e. The van der Waals surface area contributed by atoms with E-state index in [0.29, 0.717) is 18.7 Å². The topological polar surface area (TPSA) is 96.5 Å². The molecule has 102 valence electrons. The smallest absolute Gasteiger partial charge is 0.254 e. The summed E-state index contributed by atoms with van der Waals surface area (Å²) < 4.78 is 26.3. The summed E-state index contributed by atoms with van der Waals surface area (Å²) in [5.41, 5.74) is 5.95. The summed E-state index contributed by atoms with van der Waals surface area (Å²) in [5.74, 6) is 0.129. The van der Waals surface area contributed by atoms with E-state index in [4.69, 9.17) is 5.73 Å². The Bertz CT molecular complexity index is 541. The van der Waals surface area contributed by atoms with Gasteiger partial charge in [-0.15, -0.1) is 0 Å². The number of nitrogens with zero attached hydrogens (tertiary/aromatic N) is 2. The predicted octanol–water partition coefficient (Wildman–Crippen LogP) is 0.425. The first-order valence-corrected chi connectivity index (χ1v) is 7.99. The molecule has 2 atom stereocenters. The first-order valence-electron chi connectivity index (χ1n) is 5.73. The highest BCUT2D eigenvalue weighted by Gasteiger charge is 2.34. The van der Waals surface area contributed by atoms with Crippen LogP contribution in [0.5, 0.6) is 0 Å². The Kier molecular flexibility index (Phi) is 3.63. The zero-order valence-corrected chi connectivity index (χ0v) is 12.0. The summed E-state index contributed by atoms with van der Waals surface area (Å²) in [6.45, 7) is 4.12. The van der Waals surface area contributed by atoms with E-state index in [1.54, 1.807) is 6.92 Å². The Balaban J connectivity index is 2.29. The first kappa shape index (κ1) is 13.7. The average Bonchev–Trinajstić information content (AvgIpc) is 2.62. The minimum atomic E-state index is -3.58. The lowest BCUT2D eigenvalue weighted by atomic mass is 9.98. The van der Waals surface area contributed by atoms with Crippen molar-refractivity contribution in [1.82, 2.24) is 9.29 Å². The Morgan fingerprint density at radius 3 is 2.72 bits per heavy atom. The van der Waals surface area contributed by atoms with Gasteiger partial charge in [0.1, 0.15) is 0 Å². The van der Waals surface area contributed by atoms with Crippen LogP contribution in [0.3, 0.4) is 0 Å². The van der Waals surface area contributed by atoms with Crippen LogP contribution in [-0.4, -0.2) is 42.0 Å². The highest BCUT2D eigenvalue weighted by molar-refractivity contribution is 7.91. The third-order valence-electron chi connectivity index (χ3n) is 3.23. The standard InChI is InChI=1S/C10H17N3O3S2/c1-6-3-4-13(5-8(6)14)18(15,16)9-7(2)12-10(11)17-9/h6,8,14H,3-5H2,1-2H3,(H2,11,12). The van der Waals surface area contributed by atoms with E-state index in [2.05, 4.69) is 4.98 Å². The molecule has 8 heteroatoms. The first-order chi connectivity index (χ1) is 8.32. The van der Waals surface area contributed by atoms with Crippen molar-refractivity contribution in [3.63, 3.8) is 0 Å². The fourth-order valence-electron chi connectivity index (χ4n) is 2.00. The number of thiazole rings is 1. The Hall–Kier alpha value is -0.700. The fraction of sp³-hybridized carbons (Fsp3) is 0.700. The van der Waals surface area contributed by atoms with E-state index in [-0.39, 0.29) is 21.8 Å². The van der Waals surface area contributed by atoms with E-state index in [1.165, 1.54) is 4.31 Å². The number of nitrogens with two attached hydrogens (primary N) is 1. The molecule has 1 aromatic heterocycles. The van der Waals surface area contributed by atoms with Crippen LogP contribution in [0.25, 0.3) is 0 Å². The van der Waals surface area contributed by atoms with Crippen molar-refractivity contribution in [2.75, 3.05) is 18.8 Å². The van der Waals surface area contributed by atoms with Gasteiger partial charge in [0.2, 0.25) is 0 Å². The molecule has 0 amide bonds. The third-order valence-corrected chi connectivity index (χ3v) is 6.66. The molecule has 2 rings (SSSR count). The number of nitrogen functional groups attached to an aromatic ring is 1. The van der Waals surface area contributed by atoms with Crippen molar-refractivity contribution in [3.05, 3.63) is 5.69 Å². The van der Waals surface area contributed by atoms with Crippen LogP contribution in [0.4, 0.5) is 5.13 Å². The number of aromatic nitrogens is 1. The molecule has 0 bridgehead atoms. The van der Waals surface area contributed by atoms with Gasteiger partial charge in [-0.2, -0.15) is 4.31 Å². The van der Waals surface area contributed by atoms with Crippen molar-refractivity contribution in [2.45, 2.75) is 30.6 Å². The second kappa shape index (κ2) is 4.76. The summed E-state index contributed by atoms with van der Waals surface area (Å²) in [4.78, 5) is 3.93.